The smallest absolute Gasteiger partial charge is 0.356 e. The summed E-state index contributed by atoms with van der Waals surface area (Å²) in [6.45, 7) is 4.27. The fourth-order valence-corrected chi connectivity index (χ4v) is 2.37. The first-order valence-electron chi connectivity index (χ1n) is 6.29. The van der Waals surface area contributed by atoms with Gasteiger partial charge in [-0.15, -0.1) is 0 Å². The maximum Gasteiger partial charge on any atom is 0.356 e. The summed E-state index contributed by atoms with van der Waals surface area (Å²) in [5.41, 5.74) is 3.46. The van der Waals surface area contributed by atoms with Crippen molar-refractivity contribution in [1.82, 2.24) is 10.2 Å². The maximum absolute atomic E-state index is 11.8. The van der Waals surface area contributed by atoms with Crippen LogP contribution in [0.5, 0.6) is 5.75 Å². The topological polar surface area (TPSA) is 64.2 Å². The molecule has 0 spiro atoms. The summed E-state index contributed by atoms with van der Waals surface area (Å²) in [5.74, 6) is 0.299. The summed E-state index contributed by atoms with van der Waals surface area (Å²) >= 11 is 6.15. The molecule has 0 atom stereocenters. The number of hydrogen-bond acceptors (Lipinski definition) is 4. The number of carbonyl (C=O) groups is 1. The van der Waals surface area contributed by atoms with Gasteiger partial charge in [0, 0.05) is 10.6 Å². The first-order valence-corrected chi connectivity index (χ1v) is 6.67. The van der Waals surface area contributed by atoms with E-state index in [9.17, 15) is 4.79 Å². The second kappa shape index (κ2) is 4.83. The number of ether oxygens (including phenoxy) is 2. The van der Waals surface area contributed by atoms with Crippen molar-refractivity contribution in [3.8, 4) is 17.0 Å². The van der Waals surface area contributed by atoms with Crippen LogP contribution in [0.2, 0.25) is 5.02 Å². The lowest BCUT2D eigenvalue weighted by Crippen LogP contribution is -2.12. The molecule has 5 nitrogen and oxygen atoms in total. The zero-order valence-electron chi connectivity index (χ0n) is 11.1. The summed E-state index contributed by atoms with van der Waals surface area (Å²) in [4.78, 5) is 11.8. The minimum Gasteiger partial charge on any atom is -0.488 e. The Morgan fingerprint density at radius 1 is 1.55 bits per heavy atom. The molecule has 0 fully saturated rings. The van der Waals surface area contributed by atoms with Crippen molar-refractivity contribution in [1.29, 1.82) is 0 Å². The van der Waals surface area contributed by atoms with Crippen molar-refractivity contribution in [3.05, 3.63) is 34.0 Å². The minimum atomic E-state index is -0.425. The van der Waals surface area contributed by atoms with Crippen LogP contribution >= 0.6 is 11.6 Å². The van der Waals surface area contributed by atoms with E-state index in [-0.39, 0.29) is 6.61 Å². The number of halogens is 1. The van der Waals surface area contributed by atoms with E-state index in [4.69, 9.17) is 21.1 Å². The number of carbonyl (C=O) groups excluding carboxylic acids is 1. The summed E-state index contributed by atoms with van der Waals surface area (Å²) < 4.78 is 10.7. The maximum atomic E-state index is 11.8. The van der Waals surface area contributed by atoms with Gasteiger partial charge in [0.1, 0.15) is 18.1 Å². The standard InChI is InChI=1S/C14H13ClN2O3/c1-3-19-14(18)13-9-6-20-11-4-7(2)10(15)5-8(11)12(9)16-17-13/h4-5H,3,6H2,1-2H3,(H,16,17). The molecule has 6 heteroatoms. The molecule has 0 saturated heterocycles. The van der Waals surface area contributed by atoms with Crippen LogP contribution in [0.1, 0.15) is 28.5 Å². The number of aromatic nitrogens is 2. The molecule has 1 aromatic heterocycles. The number of hydrogen-bond donors (Lipinski definition) is 1. The van der Waals surface area contributed by atoms with Gasteiger partial charge in [0.2, 0.25) is 0 Å². The third-order valence-electron chi connectivity index (χ3n) is 3.23. The zero-order valence-corrected chi connectivity index (χ0v) is 11.9. The summed E-state index contributed by atoms with van der Waals surface area (Å²) in [6.07, 6.45) is 0. The zero-order chi connectivity index (χ0) is 14.3. The van der Waals surface area contributed by atoms with Gasteiger partial charge in [0.15, 0.2) is 5.69 Å². The van der Waals surface area contributed by atoms with Gasteiger partial charge >= 0.3 is 5.97 Å². The molecule has 0 bridgehead atoms. The number of benzene rings is 1. The third kappa shape index (κ3) is 1.94. The van der Waals surface area contributed by atoms with Crippen LogP contribution in [-0.4, -0.2) is 22.8 Å². The average molecular weight is 293 g/mol. The van der Waals surface area contributed by atoms with Crippen LogP contribution in [0.25, 0.3) is 11.3 Å². The number of fused-ring (bicyclic) bond motifs is 3. The Morgan fingerprint density at radius 3 is 3.10 bits per heavy atom. The normalized spacial score (nSPS) is 12.3. The van der Waals surface area contributed by atoms with Crippen molar-refractivity contribution >= 4 is 17.6 Å². The van der Waals surface area contributed by atoms with E-state index in [1.165, 1.54) is 0 Å². The van der Waals surface area contributed by atoms with Gasteiger partial charge in [-0.25, -0.2) is 4.79 Å². The first-order chi connectivity index (χ1) is 9.61. The molecule has 0 aliphatic carbocycles. The Labute approximate surface area is 120 Å². The molecule has 2 aromatic rings. The van der Waals surface area contributed by atoms with E-state index in [0.717, 1.165) is 16.9 Å². The second-order valence-corrected chi connectivity index (χ2v) is 4.94. The van der Waals surface area contributed by atoms with Crippen molar-refractivity contribution in [3.63, 3.8) is 0 Å². The number of aryl methyl sites for hydroxylation is 1. The highest BCUT2D eigenvalue weighted by atomic mass is 35.5. The predicted octanol–water partition coefficient (Wildman–Crippen LogP) is 3.11. The Morgan fingerprint density at radius 2 is 2.35 bits per heavy atom. The summed E-state index contributed by atoms with van der Waals surface area (Å²) in [6, 6.07) is 3.68. The van der Waals surface area contributed by atoms with Crippen LogP contribution in [-0.2, 0) is 11.3 Å². The number of rotatable bonds is 2. The van der Waals surface area contributed by atoms with Crippen molar-refractivity contribution in [2.45, 2.75) is 20.5 Å². The predicted molar refractivity (Wildman–Crippen MR) is 74.1 cm³/mol. The Bertz CT molecular complexity index is 694. The molecule has 1 aliphatic heterocycles. The van der Waals surface area contributed by atoms with E-state index < -0.39 is 5.97 Å². The summed E-state index contributed by atoms with van der Waals surface area (Å²) in [7, 11) is 0. The lowest BCUT2D eigenvalue weighted by atomic mass is 10.0. The Kier molecular flexibility index (Phi) is 3.14. The number of aromatic amines is 1. The van der Waals surface area contributed by atoms with E-state index >= 15 is 0 Å². The molecule has 0 radical (unpaired) electrons. The lowest BCUT2D eigenvalue weighted by molar-refractivity contribution is 0.0516. The number of nitrogens with one attached hydrogen (secondary N) is 1. The van der Waals surface area contributed by atoms with Crippen LogP contribution in [0.3, 0.4) is 0 Å². The largest absolute Gasteiger partial charge is 0.488 e. The van der Waals surface area contributed by atoms with Gasteiger partial charge < -0.3 is 9.47 Å². The number of H-pyrrole nitrogens is 1. The van der Waals surface area contributed by atoms with Crippen LogP contribution in [0.4, 0.5) is 0 Å². The molecule has 0 unspecified atom stereocenters. The molecule has 0 saturated carbocycles. The molecule has 1 aromatic carbocycles. The SMILES string of the molecule is CCOC(=O)c1[nH]nc2c1COc1cc(C)c(Cl)cc1-2. The van der Waals surface area contributed by atoms with E-state index in [1.54, 1.807) is 13.0 Å². The van der Waals surface area contributed by atoms with Gasteiger partial charge in [-0.05, 0) is 31.5 Å². The monoisotopic (exact) mass is 292 g/mol. The van der Waals surface area contributed by atoms with Crippen LogP contribution < -0.4 is 4.74 Å². The minimum absolute atomic E-state index is 0.286. The second-order valence-electron chi connectivity index (χ2n) is 4.53. The van der Waals surface area contributed by atoms with Crippen LogP contribution in [0, 0.1) is 6.92 Å². The molecular formula is C14H13ClN2O3. The fourth-order valence-electron chi connectivity index (χ4n) is 2.21. The lowest BCUT2D eigenvalue weighted by Gasteiger charge is -2.18. The molecule has 1 N–H and O–H groups in total. The van der Waals surface area contributed by atoms with Gasteiger partial charge in [-0.1, -0.05) is 11.6 Å². The van der Waals surface area contributed by atoms with Gasteiger partial charge in [-0.3, -0.25) is 5.10 Å². The third-order valence-corrected chi connectivity index (χ3v) is 3.64. The van der Waals surface area contributed by atoms with Gasteiger partial charge in [-0.2, -0.15) is 5.10 Å². The quantitative estimate of drug-likeness (QED) is 0.864. The van der Waals surface area contributed by atoms with Crippen molar-refractivity contribution < 1.29 is 14.3 Å². The molecule has 104 valence electrons. The van der Waals surface area contributed by atoms with E-state index in [2.05, 4.69) is 10.2 Å². The van der Waals surface area contributed by atoms with E-state index in [1.807, 2.05) is 13.0 Å². The molecule has 3 rings (SSSR count). The molecular weight excluding hydrogens is 280 g/mol. The Hall–Kier alpha value is -2.01. The highest BCUT2D eigenvalue weighted by Crippen LogP contribution is 2.40. The highest BCUT2D eigenvalue weighted by molar-refractivity contribution is 6.31. The number of esters is 1. The van der Waals surface area contributed by atoms with Crippen LogP contribution in [0.15, 0.2) is 12.1 Å². The molecule has 20 heavy (non-hydrogen) atoms. The van der Waals surface area contributed by atoms with Crippen molar-refractivity contribution in [2.24, 2.45) is 0 Å². The molecule has 2 heterocycles. The van der Waals surface area contributed by atoms with Gasteiger partial charge in [0.25, 0.3) is 0 Å². The number of nitrogens with zero attached hydrogens (tertiary/aromatic N) is 1. The average Bonchev–Trinajstić information content (AvgIpc) is 2.85. The molecule has 0 amide bonds. The Balaban J connectivity index is 2.10. The molecule has 1 aliphatic rings. The van der Waals surface area contributed by atoms with Crippen molar-refractivity contribution in [2.75, 3.05) is 6.61 Å². The fraction of sp³-hybridized carbons (Fsp3) is 0.286. The van der Waals surface area contributed by atoms with Gasteiger partial charge in [0.05, 0.1) is 12.2 Å². The first kappa shape index (κ1) is 13.0. The van der Waals surface area contributed by atoms with E-state index in [0.29, 0.717) is 28.6 Å². The summed E-state index contributed by atoms with van der Waals surface area (Å²) in [5, 5.41) is 7.58. The highest BCUT2D eigenvalue weighted by Gasteiger charge is 2.27.